The third kappa shape index (κ3) is 3.74. The summed E-state index contributed by atoms with van der Waals surface area (Å²) in [4.78, 5) is 28.1. The number of carbonyl (C=O) groups is 2. The Bertz CT molecular complexity index is 621. The monoisotopic (exact) mass is 336 g/mol. The van der Waals surface area contributed by atoms with Crippen molar-refractivity contribution >= 4 is 11.8 Å². The van der Waals surface area contributed by atoms with Crippen molar-refractivity contribution in [1.82, 2.24) is 9.80 Å². The van der Waals surface area contributed by atoms with Crippen molar-refractivity contribution in [3.63, 3.8) is 0 Å². The van der Waals surface area contributed by atoms with E-state index in [1.165, 1.54) is 18.9 Å². The fourth-order valence-electron chi connectivity index (χ4n) is 3.56. The zero-order valence-corrected chi connectivity index (χ0v) is 13.6. The van der Waals surface area contributed by atoms with Crippen LogP contribution in [0.4, 0.5) is 8.78 Å². The van der Waals surface area contributed by atoms with Gasteiger partial charge in [0.2, 0.25) is 5.91 Å². The molecule has 0 N–H and O–H groups in total. The van der Waals surface area contributed by atoms with Crippen LogP contribution in [-0.4, -0.2) is 47.8 Å². The molecular weight excluding hydrogens is 314 g/mol. The maximum absolute atomic E-state index is 13.3. The maximum atomic E-state index is 13.3. The van der Waals surface area contributed by atoms with E-state index in [0.29, 0.717) is 38.5 Å². The fraction of sp³-hybridized carbons (Fsp3) is 0.556. The number of rotatable bonds is 3. The molecule has 24 heavy (non-hydrogen) atoms. The van der Waals surface area contributed by atoms with E-state index in [2.05, 4.69) is 0 Å². The van der Waals surface area contributed by atoms with Crippen molar-refractivity contribution in [1.29, 1.82) is 0 Å². The van der Waals surface area contributed by atoms with Gasteiger partial charge in [0.05, 0.1) is 0 Å². The summed E-state index contributed by atoms with van der Waals surface area (Å²) in [6, 6.07) is 3.18. The number of hydrogen-bond donors (Lipinski definition) is 0. The van der Waals surface area contributed by atoms with E-state index in [4.69, 9.17) is 0 Å². The highest BCUT2D eigenvalue weighted by Crippen LogP contribution is 2.28. The van der Waals surface area contributed by atoms with Crippen molar-refractivity contribution in [2.75, 3.05) is 26.2 Å². The molecule has 6 heteroatoms. The van der Waals surface area contributed by atoms with Gasteiger partial charge in [0.25, 0.3) is 5.91 Å². The van der Waals surface area contributed by atoms with Crippen LogP contribution in [0, 0.1) is 17.6 Å². The van der Waals surface area contributed by atoms with Gasteiger partial charge in [-0.05, 0) is 37.0 Å². The average Bonchev–Trinajstić information content (AvgIpc) is 3.10. The van der Waals surface area contributed by atoms with E-state index in [1.807, 2.05) is 4.90 Å². The summed E-state index contributed by atoms with van der Waals surface area (Å²) >= 11 is 0. The predicted octanol–water partition coefficient (Wildman–Crippen LogP) is 2.83. The standard InChI is InChI=1S/C18H22F2N2O2/c19-15-6-5-14(12-16(15)20)18(24)22-9-7-21(8-10-22)17(23)11-13-3-1-2-4-13/h5-6,12-13H,1-4,7-11H2. The van der Waals surface area contributed by atoms with Crippen molar-refractivity contribution in [3.05, 3.63) is 35.4 Å². The zero-order valence-electron chi connectivity index (χ0n) is 13.6. The predicted molar refractivity (Wildman–Crippen MR) is 85.4 cm³/mol. The second kappa shape index (κ2) is 7.28. The second-order valence-electron chi connectivity index (χ2n) is 6.66. The van der Waals surface area contributed by atoms with Gasteiger partial charge >= 0.3 is 0 Å². The van der Waals surface area contributed by atoms with Crippen molar-refractivity contribution in [2.24, 2.45) is 5.92 Å². The number of nitrogens with zero attached hydrogens (tertiary/aromatic N) is 2. The van der Waals surface area contributed by atoms with E-state index in [-0.39, 0.29) is 17.4 Å². The minimum Gasteiger partial charge on any atom is -0.339 e. The first kappa shape index (κ1) is 16.9. The molecular formula is C18H22F2N2O2. The van der Waals surface area contributed by atoms with Crippen LogP contribution < -0.4 is 0 Å². The van der Waals surface area contributed by atoms with Crippen LogP contribution in [-0.2, 0) is 4.79 Å². The third-order valence-corrected chi connectivity index (χ3v) is 5.02. The quantitative estimate of drug-likeness (QED) is 0.852. The second-order valence-corrected chi connectivity index (χ2v) is 6.66. The van der Waals surface area contributed by atoms with Gasteiger partial charge in [0, 0.05) is 38.2 Å². The summed E-state index contributed by atoms with van der Waals surface area (Å²) < 4.78 is 26.2. The smallest absolute Gasteiger partial charge is 0.254 e. The van der Waals surface area contributed by atoms with Gasteiger partial charge < -0.3 is 9.80 Å². The Balaban J connectivity index is 1.53. The Labute approximate surface area is 140 Å². The lowest BCUT2D eigenvalue weighted by atomic mass is 10.0. The molecule has 1 aliphatic carbocycles. The molecule has 1 heterocycles. The van der Waals surface area contributed by atoms with E-state index in [0.717, 1.165) is 25.0 Å². The van der Waals surface area contributed by atoms with Gasteiger partial charge in [0.15, 0.2) is 11.6 Å². The SMILES string of the molecule is O=C(CC1CCCC1)N1CCN(C(=O)c2ccc(F)c(F)c2)CC1. The fourth-order valence-corrected chi connectivity index (χ4v) is 3.56. The van der Waals surface area contributed by atoms with E-state index < -0.39 is 11.6 Å². The minimum atomic E-state index is -1.02. The van der Waals surface area contributed by atoms with E-state index in [1.54, 1.807) is 4.90 Å². The molecule has 0 aromatic heterocycles. The van der Waals surface area contributed by atoms with Crippen LogP contribution in [0.2, 0.25) is 0 Å². The topological polar surface area (TPSA) is 40.6 Å². The van der Waals surface area contributed by atoms with Crippen LogP contribution in [0.1, 0.15) is 42.5 Å². The summed E-state index contributed by atoms with van der Waals surface area (Å²) in [5.41, 5.74) is 0.139. The van der Waals surface area contributed by atoms with Crippen molar-refractivity contribution in [2.45, 2.75) is 32.1 Å². The Kier molecular flexibility index (Phi) is 5.11. The molecule has 1 saturated carbocycles. The van der Waals surface area contributed by atoms with Crippen LogP contribution in [0.5, 0.6) is 0 Å². The molecule has 1 aromatic rings. The highest BCUT2D eigenvalue weighted by Gasteiger charge is 2.27. The first-order valence-electron chi connectivity index (χ1n) is 8.56. The van der Waals surface area contributed by atoms with Gasteiger partial charge in [-0.1, -0.05) is 12.8 Å². The first-order chi connectivity index (χ1) is 11.5. The molecule has 3 rings (SSSR count). The molecule has 1 aliphatic heterocycles. The number of piperazine rings is 1. The average molecular weight is 336 g/mol. The number of carbonyl (C=O) groups excluding carboxylic acids is 2. The van der Waals surface area contributed by atoms with Gasteiger partial charge in [-0.3, -0.25) is 9.59 Å². The molecule has 0 atom stereocenters. The summed E-state index contributed by atoms with van der Waals surface area (Å²) in [5, 5.41) is 0. The molecule has 0 spiro atoms. The van der Waals surface area contributed by atoms with E-state index >= 15 is 0 Å². The number of amides is 2. The van der Waals surface area contributed by atoms with Crippen LogP contribution in [0.15, 0.2) is 18.2 Å². The molecule has 0 radical (unpaired) electrons. The Morgan fingerprint density at radius 1 is 0.958 bits per heavy atom. The van der Waals surface area contributed by atoms with E-state index in [9.17, 15) is 18.4 Å². The molecule has 1 saturated heterocycles. The normalized spacial score (nSPS) is 18.9. The Morgan fingerprint density at radius 2 is 1.58 bits per heavy atom. The molecule has 0 bridgehead atoms. The van der Waals surface area contributed by atoms with Crippen LogP contribution in [0.3, 0.4) is 0 Å². The van der Waals surface area contributed by atoms with Gasteiger partial charge in [-0.15, -0.1) is 0 Å². The Hall–Kier alpha value is -1.98. The van der Waals surface area contributed by atoms with Crippen molar-refractivity contribution < 1.29 is 18.4 Å². The van der Waals surface area contributed by atoms with Crippen molar-refractivity contribution in [3.8, 4) is 0 Å². The van der Waals surface area contributed by atoms with Crippen LogP contribution in [0.25, 0.3) is 0 Å². The highest BCUT2D eigenvalue weighted by molar-refractivity contribution is 5.94. The first-order valence-corrected chi connectivity index (χ1v) is 8.56. The maximum Gasteiger partial charge on any atom is 0.254 e. The van der Waals surface area contributed by atoms with Gasteiger partial charge in [0.1, 0.15) is 0 Å². The molecule has 0 unspecified atom stereocenters. The molecule has 2 fully saturated rings. The lowest BCUT2D eigenvalue weighted by Crippen LogP contribution is -2.50. The molecule has 1 aromatic carbocycles. The zero-order chi connectivity index (χ0) is 17.1. The summed E-state index contributed by atoms with van der Waals surface area (Å²) in [6.07, 6.45) is 5.32. The molecule has 2 amide bonds. The lowest BCUT2D eigenvalue weighted by Gasteiger charge is -2.35. The van der Waals surface area contributed by atoms with Crippen LogP contribution >= 0.6 is 0 Å². The number of benzene rings is 1. The van der Waals surface area contributed by atoms with Gasteiger partial charge in [-0.2, -0.15) is 0 Å². The largest absolute Gasteiger partial charge is 0.339 e. The minimum absolute atomic E-state index is 0.139. The summed E-state index contributed by atoms with van der Waals surface area (Å²) in [6.45, 7) is 1.85. The Morgan fingerprint density at radius 3 is 2.21 bits per heavy atom. The summed E-state index contributed by atoms with van der Waals surface area (Å²) in [7, 11) is 0. The highest BCUT2D eigenvalue weighted by atomic mass is 19.2. The number of hydrogen-bond acceptors (Lipinski definition) is 2. The molecule has 2 aliphatic rings. The number of halogens is 2. The molecule has 130 valence electrons. The van der Waals surface area contributed by atoms with Gasteiger partial charge in [-0.25, -0.2) is 8.78 Å². The third-order valence-electron chi connectivity index (χ3n) is 5.02. The summed E-state index contributed by atoms with van der Waals surface area (Å²) in [5.74, 6) is -1.63. The molecule has 4 nitrogen and oxygen atoms in total. The lowest BCUT2D eigenvalue weighted by molar-refractivity contribution is -0.133.